The summed E-state index contributed by atoms with van der Waals surface area (Å²) in [6.07, 6.45) is 0. The fraction of sp³-hybridized carbons (Fsp3) is 0.133. The van der Waals surface area contributed by atoms with Crippen molar-refractivity contribution in [3.8, 4) is 11.4 Å². The van der Waals surface area contributed by atoms with Gasteiger partial charge >= 0.3 is 0 Å². The van der Waals surface area contributed by atoms with E-state index in [4.69, 9.17) is 5.73 Å². The molecule has 0 unspecified atom stereocenters. The van der Waals surface area contributed by atoms with Gasteiger partial charge in [0.25, 0.3) is 0 Å². The number of tetrazole rings is 1. The molecule has 0 saturated heterocycles. The monoisotopic (exact) mass is 283 g/mol. The number of hydrogen-bond donors (Lipinski definition) is 1. The number of nitrogen functional groups attached to an aromatic ring is 1. The second kappa shape index (κ2) is 5.32. The molecule has 0 radical (unpaired) electrons. The second-order valence-corrected chi connectivity index (χ2v) is 4.89. The average molecular weight is 283 g/mol. The molecule has 0 atom stereocenters. The summed E-state index contributed by atoms with van der Waals surface area (Å²) in [6.45, 7) is 2.49. The van der Waals surface area contributed by atoms with Crippen LogP contribution in [0.3, 0.4) is 0 Å². The summed E-state index contributed by atoms with van der Waals surface area (Å²) in [5.41, 5.74) is 8.69. The number of rotatable bonds is 3. The van der Waals surface area contributed by atoms with Crippen LogP contribution >= 0.6 is 0 Å². The molecule has 0 bridgehead atoms. The van der Waals surface area contributed by atoms with Crippen molar-refractivity contribution < 1.29 is 4.39 Å². The number of anilines is 1. The van der Waals surface area contributed by atoms with Crippen molar-refractivity contribution in [1.82, 2.24) is 20.2 Å². The van der Waals surface area contributed by atoms with Gasteiger partial charge in [0.1, 0.15) is 5.82 Å². The van der Waals surface area contributed by atoms with E-state index in [9.17, 15) is 4.39 Å². The minimum Gasteiger partial charge on any atom is -0.399 e. The van der Waals surface area contributed by atoms with E-state index in [1.54, 1.807) is 4.68 Å². The molecule has 106 valence electrons. The van der Waals surface area contributed by atoms with Gasteiger partial charge < -0.3 is 5.73 Å². The highest BCUT2D eigenvalue weighted by Gasteiger charge is 2.14. The zero-order valence-corrected chi connectivity index (χ0v) is 11.5. The van der Waals surface area contributed by atoms with Gasteiger partial charge in [0.15, 0.2) is 5.82 Å². The predicted octanol–water partition coefficient (Wildman–Crippen LogP) is 2.42. The average Bonchev–Trinajstić information content (AvgIpc) is 2.92. The first-order valence-electron chi connectivity index (χ1n) is 6.50. The maximum atomic E-state index is 13.9. The van der Waals surface area contributed by atoms with Gasteiger partial charge in [-0.25, -0.2) is 9.07 Å². The van der Waals surface area contributed by atoms with Gasteiger partial charge in [-0.15, -0.1) is 5.10 Å². The lowest BCUT2D eigenvalue weighted by atomic mass is 10.1. The van der Waals surface area contributed by atoms with Crippen molar-refractivity contribution in [2.24, 2.45) is 0 Å². The highest BCUT2D eigenvalue weighted by Crippen LogP contribution is 2.23. The predicted molar refractivity (Wildman–Crippen MR) is 77.9 cm³/mol. The molecular weight excluding hydrogens is 269 g/mol. The molecule has 3 aromatic rings. The van der Waals surface area contributed by atoms with Crippen LogP contribution in [0, 0.1) is 12.7 Å². The Morgan fingerprint density at radius 2 is 1.90 bits per heavy atom. The lowest BCUT2D eigenvalue weighted by Gasteiger charge is -2.07. The van der Waals surface area contributed by atoms with Crippen LogP contribution in [0.4, 0.5) is 10.1 Å². The number of nitrogens with two attached hydrogens (primary N) is 1. The summed E-state index contributed by atoms with van der Waals surface area (Å²) in [6, 6.07) is 12.4. The quantitative estimate of drug-likeness (QED) is 0.749. The van der Waals surface area contributed by atoms with Gasteiger partial charge in [0.05, 0.1) is 12.1 Å². The van der Waals surface area contributed by atoms with Crippen LogP contribution in [0.15, 0.2) is 42.5 Å². The molecule has 3 rings (SSSR count). The number of aryl methyl sites for hydroxylation is 1. The topological polar surface area (TPSA) is 69.6 Å². The molecule has 6 heteroatoms. The molecule has 0 aliphatic heterocycles. The van der Waals surface area contributed by atoms with E-state index in [-0.39, 0.29) is 0 Å². The van der Waals surface area contributed by atoms with Crippen LogP contribution in [-0.2, 0) is 6.54 Å². The molecule has 0 fully saturated rings. The molecule has 1 aromatic heterocycles. The standard InChI is InChI=1S/C15H14FN5/c1-10-2-4-11(5-3-10)9-21-15(18-19-20-21)13-8-12(17)6-7-14(13)16/h2-8H,9,17H2,1H3. The van der Waals surface area contributed by atoms with E-state index in [1.807, 2.05) is 31.2 Å². The second-order valence-electron chi connectivity index (χ2n) is 4.89. The highest BCUT2D eigenvalue weighted by atomic mass is 19.1. The van der Waals surface area contributed by atoms with Gasteiger partial charge in [-0.2, -0.15) is 0 Å². The molecule has 1 heterocycles. The van der Waals surface area contributed by atoms with E-state index < -0.39 is 5.82 Å². The molecule has 0 amide bonds. The summed E-state index contributed by atoms with van der Waals surface area (Å²) >= 11 is 0. The van der Waals surface area contributed by atoms with Crippen molar-refractivity contribution in [3.05, 3.63) is 59.4 Å². The van der Waals surface area contributed by atoms with Crippen molar-refractivity contribution in [2.75, 3.05) is 5.73 Å². The number of nitrogens with zero attached hydrogens (tertiary/aromatic N) is 4. The van der Waals surface area contributed by atoms with E-state index in [0.29, 0.717) is 23.6 Å². The maximum Gasteiger partial charge on any atom is 0.185 e. The van der Waals surface area contributed by atoms with Crippen LogP contribution in [-0.4, -0.2) is 20.2 Å². The molecule has 2 aromatic carbocycles. The Hall–Kier alpha value is -2.76. The Labute approximate surface area is 121 Å². The van der Waals surface area contributed by atoms with Gasteiger partial charge in [-0.05, 0) is 41.1 Å². The fourth-order valence-electron chi connectivity index (χ4n) is 2.08. The van der Waals surface area contributed by atoms with Crippen molar-refractivity contribution >= 4 is 5.69 Å². The lowest BCUT2D eigenvalue weighted by Crippen LogP contribution is -2.05. The summed E-state index contributed by atoms with van der Waals surface area (Å²) in [5.74, 6) is -0.0375. The normalized spacial score (nSPS) is 10.8. The fourth-order valence-corrected chi connectivity index (χ4v) is 2.08. The zero-order chi connectivity index (χ0) is 14.8. The minimum atomic E-state index is -0.399. The molecule has 5 nitrogen and oxygen atoms in total. The summed E-state index contributed by atoms with van der Waals surface area (Å²) in [7, 11) is 0. The molecule has 0 saturated carbocycles. The first-order chi connectivity index (χ1) is 10.1. The van der Waals surface area contributed by atoms with Crippen LogP contribution in [0.25, 0.3) is 11.4 Å². The van der Waals surface area contributed by atoms with E-state index >= 15 is 0 Å². The molecule has 21 heavy (non-hydrogen) atoms. The number of aromatic nitrogens is 4. The third-order valence-corrected chi connectivity index (χ3v) is 3.22. The summed E-state index contributed by atoms with van der Waals surface area (Å²) < 4.78 is 15.5. The van der Waals surface area contributed by atoms with Gasteiger partial charge in [-0.3, -0.25) is 0 Å². The minimum absolute atomic E-state index is 0.298. The van der Waals surface area contributed by atoms with Crippen molar-refractivity contribution in [2.45, 2.75) is 13.5 Å². The van der Waals surface area contributed by atoms with Crippen LogP contribution in [0.2, 0.25) is 0 Å². The number of hydrogen-bond acceptors (Lipinski definition) is 4. The van der Waals surface area contributed by atoms with Crippen LogP contribution in [0.5, 0.6) is 0 Å². The Balaban J connectivity index is 1.97. The van der Waals surface area contributed by atoms with E-state index in [0.717, 1.165) is 5.56 Å². The molecule has 0 aliphatic rings. The Morgan fingerprint density at radius 3 is 2.67 bits per heavy atom. The van der Waals surface area contributed by atoms with Crippen molar-refractivity contribution in [1.29, 1.82) is 0 Å². The first kappa shape index (κ1) is 13.2. The summed E-state index contributed by atoms with van der Waals surface area (Å²) in [5, 5.41) is 11.5. The Kier molecular flexibility index (Phi) is 3.35. The van der Waals surface area contributed by atoms with Crippen molar-refractivity contribution in [3.63, 3.8) is 0 Å². The first-order valence-corrected chi connectivity index (χ1v) is 6.50. The maximum absolute atomic E-state index is 13.9. The van der Waals surface area contributed by atoms with E-state index in [1.165, 1.54) is 23.8 Å². The number of benzene rings is 2. The van der Waals surface area contributed by atoms with Crippen LogP contribution < -0.4 is 5.73 Å². The van der Waals surface area contributed by atoms with E-state index in [2.05, 4.69) is 15.5 Å². The number of halogens is 1. The molecule has 2 N–H and O–H groups in total. The Bertz CT molecular complexity index is 764. The highest BCUT2D eigenvalue weighted by molar-refractivity contribution is 5.61. The SMILES string of the molecule is Cc1ccc(Cn2nnnc2-c2cc(N)ccc2F)cc1. The zero-order valence-electron chi connectivity index (χ0n) is 11.5. The molecular formula is C15H14FN5. The third kappa shape index (κ3) is 2.74. The third-order valence-electron chi connectivity index (χ3n) is 3.22. The smallest absolute Gasteiger partial charge is 0.185 e. The molecule has 0 aliphatic carbocycles. The summed E-state index contributed by atoms with van der Waals surface area (Å²) in [4.78, 5) is 0. The molecule has 0 spiro atoms. The van der Waals surface area contributed by atoms with Gasteiger partial charge in [0, 0.05) is 5.69 Å². The lowest BCUT2D eigenvalue weighted by molar-refractivity contribution is 0.621. The Morgan fingerprint density at radius 1 is 1.14 bits per heavy atom. The van der Waals surface area contributed by atoms with Crippen LogP contribution in [0.1, 0.15) is 11.1 Å². The van der Waals surface area contributed by atoms with Gasteiger partial charge in [0.2, 0.25) is 0 Å². The largest absolute Gasteiger partial charge is 0.399 e. The van der Waals surface area contributed by atoms with Gasteiger partial charge in [-0.1, -0.05) is 29.8 Å².